The predicted octanol–water partition coefficient (Wildman–Crippen LogP) is 2.15. The molecule has 1 heterocycles. The van der Waals surface area contributed by atoms with E-state index in [1.54, 1.807) is 48.5 Å². The van der Waals surface area contributed by atoms with Crippen LogP contribution < -0.4 is 39.4 Å². The average Bonchev–Trinajstić information content (AvgIpc) is 2.79. The summed E-state index contributed by atoms with van der Waals surface area (Å²) in [5.74, 6) is -1.19. The zero-order valence-corrected chi connectivity index (χ0v) is 20.0. The number of carbonyl (C=O) groups is 1. The van der Waals surface area contributed by atoms with E-state index in [1.807, 2.05) is 24.3 Å². The maximum absolute atomic E-state index is 14.0. The summed E-state index contributed by atoms with van der Waals surface area (Å²) >= 11 is 6.26. The summed E-state index contributed by atoms with van der Waals surface area (Å²) in [6.07, 6.45) is 0. The Labute approximate surface area is 212 Å². The fourth-order valence-electron chi connectivity index (χ4n) is 3.25. The van der Waals surface area contributed by atoms with E-state index in [9.17, 15) is 14.3 Å². The number of ether oxygens (including phenoxy) is 1. The van der Waals surface area contributed by atoms with Gasteiger partial charge in [-0.05, 0) is 42.0 Å². The van der Waals surface area contributed by atoms with E-state index < -0.39 is 5.97 Å². The minimum absolute atomic E-state index is 0. The maximum atomic E-state index is 14.0. The Bertz CT molecular complexity index is 1270. The van der Waals surface area contributed by atoms with Crippen LogP contribution in [-0.2, 0) is 6.61 Å². The molecule has 0 saturated carbocycles. The molecule has 7 heteroatoms. The molecule has 0 atom stereocenters. The van der Waals surface area contributed by atoms with Gasteiger partial charge in [-0.25, -0.2) is 9.37 Å². The number of pyridine rings is 1. The number of aromatic carboxylic acids is 1. The smallest absolute Gasteiger partial charge is 0.543 e. The Morgan fingerprint density at radius 3 is 2.38 bits per heavy atom. The first-order chi connectivity index (χ1) is 15.0. The van der Waals surface area contributed by atoms with E-state index in [4.69, 9.17) is 16.3 Å². The SMILES string of the molecule is O=C([O-])c1cccc(-c2ccccc2-c2cc(Cl)ccc2OCc2ccccc2F)n1.[Na+]. The Morgan fingerprint density at radius 1 is 0.906 bits per heavy atom. The summed E-state index contributed by atoms with van der Waals surface area (Å²) in [4.78, 5) is 15.4. The van der Waals surface area contributed by atoms with Crippen molar-refractivity contribution in [1.29, 1.82) is 0 Å². The summed E-state index contributed by atoms with van der Waals surface area (Å²) in [5, 5.41) is 11.7. The van der Waals surface area contributed by atoms with E-state index >= 15 is 0 Å². The number of carboxylic acids is 1. The van der Waals surface area contributed by atoms with Gasteiger partial charge in [-0.1, -0.05) is 60.1 Å². The van der Waals surface area contributed by atoms with Gasteiger partial charge in [0, 0.05) is 21.7 Å². The Hall–Kier alpha value is -2.70. The number of benzene rings is 3. The van der Waals surface area contributed by atoms with Crippen LogP contribution in [0.5, 0.6) is 5.75 Å². The predicted molar refractivity (Wildman–Crippen MR) is 115 cm³/mol. The third-order valence-corrected chi connectivity index (χ3v) is 4.97. The van der Waals surface area contributed by atoms with Gasteiger partial charge in [0.1, 0.15) is 18.2 Å². The molecule has 0 bridgehead atoms. The van der Waals surface area contributed by atoms with Crippen LogP contribution >= 0.6 is 11.6 Å². The monoisotopic (exact) mass is 455 g/mol. The van der Waals surface area contributed by atoms with E-state index in [2.05, 4.69) is 4.98 Å². The first kappa shape index (κ1) is 24.0. The Morgan fingerprint density at radius 2 is 1.62 bits per heavy atom. The number of hydrogen-bond acceptors (Lipinski definition) is 4. The summed E-state index contributed by atoms with van der Waals surface area (Å²) in [7, 11) is 0. The van der Waals surface area contributed by atoms with Crippen molar-refractivity contribution in [2.24, 2.45) is 0 Å². The molecular weight excluding hydrogens is 440 g/mol. The molecule has 0 spiro atoms. The topological polar surface area (TPSA) is 62.2 Å². The molecule has 0 saturated heterocycles. The summed E-state index contributed by atoms with van der Waals surface area (Å²) in [5.41, 5.74) is 2.87. The first-order valence-corrected chi connectivity index (χ1v) is 9.84. The molecule has 4 aromatic rings. The van der Waals surface area contributed by atoms with Crippen LogP contribution in [0.4, 0.5) is 4.39 Å². The number of carboxylic acid groups (broad SMARTS) is 1. The van der Waals surface area contributed by atoms with Gasteiger partial charge >= 0.3 is 29.6 Å². The van der Waals surface area contributed by atoms with Gasteiger partial charge in [-0.2, -0.15) is 0 Å². The molecule has 0 radical (unpaired) electrons. The molecule has 0 amide bonds. The van der Waals surface area contributed by atoms with Crippen molar-refractivity contribution in [2.45, 2.75) is 6.61 Å². The molecule has 4 rings (SSSR count). The number of carbonyl (C=O) groups excluding carboxylic acids is 1. The van der Waals surface area contributed by atoms with Crippen molar-refractivity contribution >= 4 is 17.6 Å². The number of rotatable bonds is 6. The molecule has 0 unspecified atom stereocenters. The standard InChI is InChI=1S/C25H17ClFNO3.Na/c26-17-12-13-24(31-15-16-6-1-4-9-21(16)27)20(14-17)18-7-2-3-8-19(18)22-10-5-11-23(28-22)25(29)30;/h1-14H,15H2,(H,29,30);/q;+1/p-1. The van der Waals surface area contributed by atoms with Gasteiger partial charge in [0.2, 0.25) is 0 Å². The number of hydrogen-bond donors (Lipinski definition) is 0. The molecule has 0 aliphatic rings. The first-order valence-electron chi connectivity index (χ1n) is 9.47. The fourth-order valence-corrected chi connectivity index (χ4v) is 3.42. The van der Waals surface area contributed by atoms with Gasteiger partial charge in [-0.15, -0.1) is 0 Å². The third-order valence-electron chi connectivity index (χ3n) is 4.73. The van der Waals surface area contributed by atoms with Crippen molar-refractivity contribution in [2.75, 3.05) is 0 Å². The van der Waals surface area contributed by atoms with Gasteiger partial charge in [0.25, 0.3) is 0 Å². The van der Waals surface area contributed by atoms with Crippen LogP contribution in [0.1, 0.15) is 16.1 Å². The van der Waals surface area contributed by atoms with Crippen LogP contribution in [0.25, 0.3) is 22.4 Å². The van der Waals surface area contributed by atoms with Gasteiger partial charge in [0.15, 0.2) is 0 Å². The minimum atomic E-state index is -1.35. The molecule has 0 aliphatic heterocycles. The molecule has 0 N–H and O–H groups in total. The molecule has 3 aromatic carbocycles. The largest absolute Gasteiger partial charge is 1.00 e. The van der Waals surface area contributed by atoms with Crippen LogP contribution in [0.3, 0.4) is 0 Å². The van der Waals surface area contributed by atoms with Crippen molar-refractivity contribution in [1.82, 2.24) is 4.98 Å². The Kier molecular flexibility index (Phi) is 8.04. The van der Waals surface area contributed by atoms with Crippen LogP contribution in [0, 0.1) is 5.82 Å². The summed E-state index contributed by atoms with van der Waals surface area (Å²) in [6.45, 7) is 0.0435. The number of nitrogens with zero attached hydrogens (tertiary/aromatic N) is 1. The maximum Gasteiger partial charge on any atom is 1.00 e. The van der Waals surface area contributed by atoms with Crippen LogP contribution in [-0.4, -0.2) is 11.0 Å². The second kappa shape index (κ2) is 10.7. The molecule has 154 valence electrons. The molecular formula is C25H16ClFNNaO3. The van der Waals surface area contributed by atoms with Crippen molar-refractivity contribution < 1.29 is 48.6 Å². The van der Waals surface area contributed by atoms with E-state index in [1.165, 1.54) is 12.1 Å². The zero-order valence-electron chi connectivity index (χ0n) is 17.2. The van der Waals surface area contributed by atoms with Gasteiger partial charge in [0.05, 0.1) is 17.4 Å². The minimum Gasteiger partial charge on any atom is -0.543 e. The molecule has 32 heavy (non-hydrogen) atoms. The second-order valence-electron chi connectivity index (χ2n) is 6.76. The Balaban J connectivity index is 0.00000289. The average molecular weight is 456 g/mol. The molecule has 0 fully saturated rings. The van der Waals surface area contributed by atoms with E-state index in [0.717, 1.165) is 5.56 Å². The van der Waals surface area contributed by atoms with Gasteiger partial charge in [-0.3, -0.25) is 0 Å². The van der Waals surface area contributed by atoms with Crippen LogP contribution in [0.2, 0.25) is 5.02 Å². The normalized spacial score (nSPS) is 10.3. The quantitative estimate of drug-likeness (QED) is 0.418. The number of aromatic nitrogens is 1. The summed E-state index contributed by atoms with van der Waals surface area (Å²) in [6, 6.07) is 23.7. The molecule has 1 aromatic heterocycles. The fraction of sp³-hybridized carbons (Fsp3) is 0.0400. The molecule has 4 nitrogen and oxygen atoms in total. The second-order valence-corrected chi connectivity index (χ2v) is 7.20. The summed E-state index contributed by atoms with van der Waals surface area (Å²) < 4.78 is 19.9. The van der Waals surface area contributed by atoms with Gasteiger partial charge < -0.3 is 14.6 Å². The van der Waals surface area contributed by atoms with Crippen molar-refractivity contribution in [3.8, 4) is 28.1 Å². The molecule has 0 aliphatic carbocycles. The van der Waals surface area contributed by atoms with E-state index in [-0.39, 0.29) is 47.7 Å². The number of halogens is 2. The van der Waals surface area contributed by atoms with E-state index in [0.29, 0.717) is 33.2 Å². The van der Waals surface area contributed by atoms with Crippen molar-refractivity contribution in [3.63, 3.8) is 0 Å². The van der Waals surface area contributed by atoms with Crippen LogP contribution in [0.15, 0.2) is 84.9 Å². The zero-order chi connectivity index (χ0) is 21.8. The van der Waals surface area contributed by atoms with Crippen molar-refractivity contribution in [3.05, 3.63) is 107 Å². The third kappa shape index (κ3) is 5.37.